The van der Waals surface area contributed by atoms with Crippen LogP contribution in [0.4, 0.5) is 0 Å². The van der Waals surface area contributed by atoms with Crippen LogP contribution in [0.25, 0.3) is 11.5 Å². The Balaban J connectivity index is 2.36. The average Bonchev–Trinajstić information content (AvgIpc) is 2.95. The van der Waals surface area contributed by atoms with Gasteiger partial charge in [0.2, 0.25) is 10.0 Å². The van der Waals surface area contributed by atoms with Gasteiger partial charge >= 0.3 is 0 Å². The van der Waals surface area contributed by atoms with E-state index in [4.69, 9.17) is 4.52 Å². The van der Waals surface area contributed by atoms with Gasteiger partial charge in [0.05, 0.1) is 4.90 Å². The fourth-order valence-electron chi connectivity index (χ4n) is 2.09. The van der Waals surface area contributed by atoms with E-state index in [2.05, 4.69) is 20.2 Å². The lowest BCUT2D eigenvalue weighted by atomic mass is 10.1. The Labute approximate surface area is 136 Å². The highest BCUT2D eigenvalue weighted by Crippen LogP contribution is 2.25. The summed E-state index contributed by atoms with van der Waals surface area (Å²) >= 11 is 0. The molecule has 0 bridgehead atoms. The quantitative estimate of drug-likeness (QED) is 0.794. The van der Waals surface area contributed by atoms with Crippen molar-refractivity contribution >= 4 is 10.0 Å². The van der Waals surface area contributed by atoms with E-state index in [0.29, 0.717) is 30.2 Å². The van der Waals surface area contributed by atoms with Gasteiger partial charge in [0, 0.05) is 24.6 Å². The van der Waals surface area contributed by atoms with Crippen LogP contribution in [0.3, 0.4) is 0 Å². The number of rotatable bonds is 7. The minimum atomic E-state index is -3.52. The van der Waals surface area contributed by atoms with Gasteiger partial charge in [-0.1, -0.05) is 18.1 Å². The molecule has 0 amide bonds. The maximum Gasteiger partial charge on any atom is 0.258 e. The summed E-state index contributed by atoms with van der Waals surface area (Å²) in [4.78, 5) is 4.55. The van der Waals surface area contributed by atoms with Crippen molar-refractivity contribution in [3.8, 4) is 11.5 Å². The zero-order chi connectivity index (χ0) is 17.0. The van der Waals surface area contributed by atoms with Crippen LogP contribution >= 0.6 is 0 Å². The molecule has 2 aromatic rings. The molecule has 0 spiro atoms. The van der Waals surface area contributed by atoms with Gasteiger partial charge in [-0.2, -0.15) is 4.98 Å². The summed E-state index contributed by atoms with van der Waals surface area (Å²) in [6, 6.07) is 5.09. The first-order chi connectivity index (χ1) is 10.9. The van der Waals surface area contributed by atoms with Gasteiger partial charge in [0.15, 0.2) is 5.82 Å². The van der Waals surface area contributed by atoms with E-state index in [1.807, 2.05) is 20.9 Å². The van der Waals surface area contributed by atoms with E-state index < -0.39 is 10.0 Å². The number of nitrogens with zero attached hydrogens (tertiary/aromatic N) is 2. The fraction of sp³-hybridized carbons (Fsp3) is 0.467. The second-order valence-corrected chi connectivity index (χ2v) is 7.15. The molecular weight excluding hydrogens is 316 g/mol. The van der Waals surface area contributed by atoms with Crippen LogP contribution in [0.1, 0.15) is 25.2 Å². The Morgan fingerprint density at radius 1 is 1.35 bits per heavy atom. The molecule has 0 radical (unpaired) electrons. The highest BCUT2D eigenvalue weighted by Gasteiger charge is 2.18. The third kappa shape index (κ3) is 4.15. The lowest BCUT2D eigenvalue weighted by Gasteiger charge is -2.07. The summed E-state index contributed by atoms with van der Waals surface area (Å²) in [5, 5.41) is 7.07. The first-order valence-electron chi connectivity index (χ1n) is 7.48. The Hall–Kier alpha value is -1.77. The minimum absolute atomic E-state index is 0.184. The number of aryl methyl sites for hydroxylation is 1. The van der Waals surface area contributed by atoms with Crippen LogP contribution in [-0.4, -0.2) is 38.2 Å². The molecule has 1 atom stereocenters. The number of likely N-dealkylation sites (N-methyl/N-ethyl adjacent to an activating group) is 1. The first kappa shape index (κ1) is 17.6. The van der Waals surface area contributed by atoms with Crippen LogP contribution in [0, 0.1) is 6.92 Å². The molecule has 1 aromatic heterocycles. The topological polar surface area (TPSA) is 97.1 Å². The third-order valence-corrected chi connectivity index (χ3v) is 5.08. The monoisotopic (exact) mass is 338 g/mol. The lowest BCUT2D eigenvalue weighted by Crippen LogP contribution is -2.24. The normalized spacial score (nSPS) is 13.2. The van der Waals surface area contributed by atoms with Crippen LogP contribution in [0.5, 0.6) is 0 Å². The second-order valence-electron chi connectivity index (χ2n) is 5.39. The summed E-state index contributed by atoms with van der Waals surface area (Å²) in [5.74, 6) is 0.913. The van der Waals surface area contributed by atoms with Gasteiger partial charge in [-0.3, -0.25) is 0 Å². The molecular formula is C15H22N4O3S. The Bertz CT molecular complexity index is 771. The SMILES string of the molecule is CCNS(=O)(=O)c1ccc(C)c(-c2nc(CC(C)NC)no2)c1. The van der Waals surface area contributed by atoms with Crippen molar-refractivity contribution in [2.75, 3.05) is 13.6 Å². The maximum absolute atomic E-state index is 12.1. The van der Waals surface area contributed by atoms with Crippen molar-refractivity contribution in [3.63, 3.8) is 0 Å². The van der Waals surface area contributed by atoms with Crippen molar-refractivity contribution in [1.29, 1.82) is 0 Å². The highest BCUT2D eigenvalue weighted by atomic mass is 32.2. The molecule has 0 fully saturated rings. The molecule has 0 saturated heterocycles. The summed E-state index contributed by atoms with van der Waals surface area (Å²) in [5.41, 5.74) is 1.50. The first-order valence-corrected chi connectivity index (χ1v) is 8.96. The Morgan fingerprint density at radius 2 is 2.09 bits per heavy atom. The van der Waals surface area contributed by atoms with Gasteiger partial charge in [-0.25, -0.2) is 13.1 Å². The summed E-state index contributed by atoms with van der Waals surface area (Å²) in [6.07, 6.45) is 0.633. The molecule has 2 N–H and O–H groups in total. The number of hydrogen-bond donors (Lipinski definition) is 2. The van der Waals surface area contributed by atoms with Gasteiger partial charge in [-0.05, 0) is 38.6 Å². The number of benzene rings is 1. The van der Waals surface area contributed by atoms with Crippen molar-refractivity contribution in [2.45, 2.75) is 38.1 Å². The summed E-state index contributed by atoms with van der Waals surface area (Å²) in [7, 11) is -1.66. The number of sulfonamides is 1. The van der Waals surface area contributed by atoms with Crippen LogP contribution in [0.2, 0.25) is 0 Å². The summed E-state index contributed by atoms with van der Waals surface area (Å²) < 4.78 is 32.0. The largest absolute Gasteiger partial charge is 0.334 e. The number of hydrogen-bond acceptors (Lipinski definition) is 6. The van der Waals surface area contributed by atoms with Crippen LogP contribution in [0.15, 0.2) is 27.6 Å². The minimum Gasteiger partial charge on any atom is -0.334 e. The van der Waals surface area contributed by atoms with E-state index in [1.54, 1.807) is 25.1 Å². The molecule has 0 aliphatic rings. The molecule has 0 aliphatic carbocycles. The molecule has 8 heteroatoms. The second kappa shape index (κ2) is 7.20. The zero-order valence-electron chi connectivity index (χ0n) is 13.8. The van der Waals surface area contributed by atoms with Crippen molar-refractivity contribution < 1.29 is 12.9 Å². The summed E-state index contributed by atoms with van der Waals surface area (Å²) in [6.45, 7) is 5.96. The predicted octanol–water partition coefficient (Wildman–Crippen LogP) is 1.49. The van der Waals surface area contributed by atoms with Crippen molar-refractivity contribution in [3.05, 3.63) is 29.6 Å². The standard InChI is InChI=1S/C15H22N4O3S/c1-5-17-23(20,21)12-7-6-10(2)13(9-12)15-18-14(19-22-15)8-11(3)16-4/h6-7,9,11,16-17H,5,8H2,1-4H3. The van der Waals surface area contributed by atoms with Crippen LogP contribution in [-0.2, 0) is 16.4 Å². The molecule has 126 valence electrons. The Kier molecular flexibility index (Phi) is 5.51. The molecule has 2 rings (SSSR count). The van der Waals surface area contributed by atoms with Gasteiger partial charge in [0.1, 0.15) is 0 Å². The molecule has 0 saturated carbocycles. The van der Waals surface area contributed by atoms with Gasteiger partial charge in [0.25, 0.3) is 5.89 Å². The number of nitrogens with one attached hydrogen (secondary N) is 2. The van der Waals surface area contributed by atoms with E-state index in [1.165, 1.54) is 0 Å². The van der Waals surface area contributed by atoms with Crippen molar-refractivity contribution in [1.82, 2.24) is 20.2 Å². The predicted molar refractivity (Wildman–Crippen MR) is 87.6 cm³/mol. The maximum atomic E-state index is 12.1. The van der Waals surface area contributed by atoms with E-state index >= 15 is 0 Å². The fourth-order valence-corrected chi connectivity index (χ4v) is 3.16. The lowest BCUT2D eigenvalue weighted by molar-refractivity contribution is 0.418. The van der Waals surface area contributed by atoms with Gasteiger partial charge < -0.3 is 9.84 Å². The Morgan fingerprint density at radius 3 is 2.74 bits per heavy atom. The molecule has 7 nitrogen and oxygen atoms in total. The van der Waals surface area contributed by atoms with Crippen LogP contribution < -0.4 is 10.0 Å². The average molecular weight is 338 g/mol. The smallest absolute Gasteiger partial charge is 0.258 e. The van der Waals surface area contributed by atoms with E-state index in [9.17, 15) is 8.42 Å². The van der Waals surface area contributed by atoms with E-state index in [0.717, 1.165) is 5.56 Å². The van der Waals surface area contributed by atoms with E-state index in [-0.39, 0.29) is 10.9 Å². The van der Waals surface area contributed by atoms with Gasteiger partial charge in [-0.15, -0.1) is 0 Å². The third-order valence-electron chi connectivity index (χ3n) is 3.53. The molecule has 1 heterocycles. The molecule has 0 aliphatic heterocycles. The number of aromatic nitrogens is 2. The zero-order valence-corrected chi connectivity index (χ0v) is 14.6. The molecule has 1 unspecified atom stereocenters. The molecule has 1 aromatic carbocycles. The van der Waals surface area contributed by atoms with Crippen molar-refractivity contribution in [2.24, 2.45) is 0 Å². The molecule has 23 heavy (non-hydrogen) atoms. The highest BCUT2D eigenvalue weighted by molar-refractivity contribution is 7.89.